The summed E-state index contributed by atoms with van der Waals surface area (Å²) in [4.78, 5) is 11.0. The standard InChI is InChI=1S/C20H15NO2/c22-21(23)20-8-4-3-7-18(20)16-12-11-15-10-9-14-5-1-2-6-17(14)19(15)13-16/h1-8,11-13H,9-10H2. The number of fused-ring (bicyclic) bond motifs is 3. The van der Waals surface area contributed by atoms with E-state index in [1.54, 1.807) is 12.1 Å². The van der Waals surface area contributed by atoms with Crippen LogP contribution in [0.2, 0.25) is 0 Å². The van der Waals surface area contributed by atoms with E-state index >= 15 is 0 Å². The lowest BCUT2D eigenvalue weighted by Crippen LogP contribution is -2.03. The van der Waals surface area contributed by atoms with Crippen molar-refractivity contribution in [3.63, 3.8) is 0 Å². The van der Waals surface area contributed by atoms with Crippen molar-refractivity contribution in [3.8, 4) is 22.3 Å². The number of nitro benzene ring substituents is 1. The van der Waals surface area contributed by atoms with Crippen molar-refractivity contribution < 1.29 is 4.92 Å². The Bertz CT molecular complexity index is 915. The van der Waals surface area contributed by atoms with Crippen LogP contribution in [0.15, 0.2) is 66.7 Å². The molecule has 0 radical (unpaired) electrons. The molecule has 0 unspecified atom stereocenters. The van der Waals surface area contributed by atoms with Crippen LogP contribution in [0.25, 0.3) is 22.3 Å². The molecule has 112 valence electrons. The van der Waals surface area contributed by atoms with Crippen LogP contribution < -0.4 is 0 Å². The van der Waals surface area contributed by atoms with Gasteiger partial charge in [-0.2, -0.15) is 0 Å². The number of aryl methyl sites for hydroxylation is 2. The predicted molar refractivity (Wildman–Crippen MR) is 91.4 cm³/mol. The summed E-state index contributed by atoms with van der Waals surface area (Å²) in [5.41, 5.74) is 6.81. The van der Waals surface area contributed by atoms with Crippen molar-refractivity contribution in [1.29, 1.82) is 0 Å². The lowest BCUT2D eigenvalue weighted by atomic mass is 9.84. The molecule has 0 heterocycles. The molecule has 3 aromatic carbocycles. The highest BCUT2D eigenvalue weighted by atomic mass is 16.6. The molecule has 0 N–H and O–H groups in total. The third kappa shape index (κ3) is 2.30. The maximum Gasteiger partial charge on any atom is 0.277 e. The lowest BCUT2D eigenvalue weighted by Gasteiger charge is -2.20. The summed E-state index contributed by atoms with van der Waals surface area (Å²) >= 11 is 0. The molecule has 0 aromatic heterocycles. The summed E-state index contributed by atoms with van der Waals surface area (Å²) in [5, 5.41) is 11.3. The highest BCUT2D eigenvalue weighted by molar-refractivity contribution is 5.81. The summed E-state index contributed by atoms with van der Waals surface area (Å²) in [6.07, 6.45) is 2.07. The summed E-state index contributed by atoms with van der Waals surface area (Å²) in [5.74, 6) is 0. The van der Waals surface area contributed by atoms with E-state index in [0.717, 1.165) is 18.4 Å². The molecule has 1 aliphatic carbocycles. The Morgan fingerprint density at radius 1 is 0.739 bits per heavy atom. The molecular formula is C20H15NO2. The number of rotatable bonds is 2. The van der Waals surface area contributed by atoms with Gasteiger partial charge in [0.1, 0.15) is 0 Å². The first-order valence-electron chi connectivity index (χ1n) is 7.69. The second kappa shape index (κ2) is 5.36. The molecule has 0 bridgehead atoms. The quantitative estimate of drug-likeness (QED) is 0.492. The lowest BCUT2D eigenvalue weighted by molar-refractivity contribution is -0.384. The zero-order valence-electron chi connectivity index (χ0n) is 12.5. The van der Waals surface area contributed by atoms with E-state index in [2.05, 4.69) is 30.3 Å². The maximum atomic E-state index is 11.3. The minimum atomic E-state index is -0.317. The van der Waals surface area contributed by atoms with Gasteiger partial charge in [-0.1, -0.05) is 48.5 Å². The molecule has 0 saturated carbocycles. The SMILES string of the molecule is O=[N+]([O-])c1ccccc1-c1ccc2c(c1)-c1ccccc1CC2. The van der Waals surface area contributed by atoms with Crippen LogP contribution in [0.1, 0.15) is 11.1 Å². The zero-order valence-corrected chi connectivity index (χ0v) is 12.5. The molecule has 0 fully saturated rings. The Hall–Kier alpha value is -2.94. The first-order chi connectivity index (χ1) is 11.2. The smallest absolute Gasteiger partial charge is 0.258 e. The van der Waals surface area contributed by atoms with Crippen LogP contribution in [-0.2, 0) is 12.8 Å². The van der Waals surface area contributed by atoms with E-state index in [-0.39, 0.29) is 10.6 Å². The normalized spacial score (nSPS) is 12.3. The summed E-state index contributed by atoms with van der Waals surface area (Å²) in [6, 6.07) is 21.5. The molecule has 3 aromatic rings. The van der Waals surface area contributed by atoms with Gasteiger partial charge in [-0.05, 0) is 52.8 Å². The van der Waals surface area contributed by atoms with Gasteiger partial charge in [0.25, 0.3) is 5.69 Å². The number of para-hydroxylation sites is 1. The van der Waals surface area contributed by atoms with Gasteiger partial charge in [0, 0.05) is 6.07 Å². The van der Waals surface area contributed by atoms with Gasteiger partial charge in [0.15, 0.2) is 0 Å². The minimum absolute atomic E-state index is 0.150. The molecule has 0 saturated heterocycles. The zero-order chi connectivity index (χ0) is 15.8. The van der Waals surface area contributed by atoms with Gasteiger partial charge in [0.2, 0.25) is 0 Å². The Balaban J connectivity index is 1.91. The van der Waals surface area contributed by atoms with Gasteiger partial charge < -0.3 is 0 Å². The largest absolute Gasteiger partial charge is 0.277 e. The molecule has 3 heteroatoms. The molecule has 4 rings (SSSR count). The van der Waals surface area contributed by atoms with Crippen molar-refractivity contribution in [1.82, 2.24) is 0 Å². The fourth-order valence-corrected chi connectivity index (χ4v) is 3.36. The van der Waals surface area contributed by atoms with Crippen LogP contribution in [0, 0.1) is 10.1 Å². The molecule has 0 aliphatic heterocycles. The maximum absolute atomic E-state index is 11.3. The van der Waals surface area contributed by atoms with Gasteiger partial charge in [-0.3, -0.25) is 10.1 Å². The molecule has 0 atom stereocenters. The van der Waals surface area contributed by atoms with Crippen LogP contribution in [-0.4, -0.2) is 4.92 Å². The topological polar surface area (TPSA) is 43.1 Å². The van der Waals surface area contributed by atoms with Crippen molar-refractivity contribution >= 4 is 5.69 Å². The Labute approximate surface area is 134 Å². The first-order valence-corrected chi connectivity index (χ1v) is 7.69. The second-order valence-corrected chi connectivity index (χ2v) is 5.80. The molecule has 0 amide bonds. The molecule has 0 spiro atoms. The summed E-state index contributed by atoms with van der Waals surface area (Å²) in [7, 11) is 0. The number of nitro groups is 1. The molecule has 1 aliphatic rings. The summed E-state index contributed by atoms with van der Waals surface area (Å²) in [6.45, 7) is 0. The van der Waals surface area contributed by atoms with Crippen molar-refractivity contribution in [2.24, 2.45) is 0 Å². The third-order valence-corrected chi connectivity index (χ3v) is 4.49. The van der Waals surface area contributed by atoms with Crippen LogP contribution in [0.5, 0.6) is 0 Å². The van der Waals surface area contributed by atoms with E-state index in [0.29, 0.717) is 5.56 Å². The Morgan fingerprint density at radius 3 is 2.17 bits per heavy atom. The van der Waals surface area contributed by atoms with Crippen LogP contribution >= 0.6 is 0 Å². The Morgan fingerprint density at radius 2 is 1.39 bits per heavy atom. The van der Waals surface area contributed by atoms with E-state index < -0.39 is 0 Å². The van der Waals surface area contributed by atoms with E-state index in [1.807, 2.05) is 24.3 Å². The number of nitrogens with zero attached hydrogens (tertiary/aromatic N) is 1. The van der Waals surface area contributed by atoms with E-state index in [9.17, 15) is 10.1 Å². The van der Waals surface area contributed by atoms with Crippen molar-refractivity contribution in [2.45, 2.75) is 12.8 Å². The number of hydrogen-bond acceptors (Lipinski definition) is 2. The van der Waals surface area contributed by atoms with Crippen molar-refractivity contribution in [3.05, 3.63) is 88.0 Å². The van der Waals surface area contributed by atoms with E-state index in [1.165, 1.54) is 22.3 Å². The van der Waals surface area contributed by atoms with Crippen LogP contribution in [0.4, 0.5) is 5.69 Å². The average Bonchev–Trinajstić information content (AvgIpc) is 2.61. The minimum Gasteiger partial charge on any atom is -0.258 e. The highest BCUT2D eigenvalue weighted by Gasteiger charge is 2.19. The van der Waals surface area contributed by atoms with Crippen LogP contribution in [0.3, 0.4) is 0 Å². The molecule has 23 heavy (non-hydrogen) atoms. The van der Waals surface area contributed by atoms with Gasteiger partial charge in [-0.15, -0.1) is 0 Å². The monoisotopic (exact) mass is 301 g/mol. The molecular weight excluding hydrogens is 286 g/mol. The van der Waals surface area contributed by atoms with Gasteiger partial charge >= 0.3 is 0 Å². The average molecular weight is 301 g/mol. The number of benzene rings is 3. The summed E-state index contributed by atoms with van der Waals surface area (Å²) < 4.78 is 0. The fourth-order valence-electron chi connectivity index (χ4n) is 3.36. The third-order valence-electron chi connectivity index (χ3n) is 4.49. The Kier molecular flexibility index (Phi) is 3.19. The van der Waals surface area contributed by atoms with Crippen molar-refractivity contribution in [2.75, 3.05) is 0 Å². The second-order valence-electron chi connectivity index (χ2n) is 5.80. The molecule has 3 nitrogen and oxygen atoms in total. The fraction of sp³-hybridized carbons (Fsp3) is 0.100. The first kappa shape index (κ1) is 13.7. The number of hydrogen-bond donors (Lipinski definition) is 0. The van der Waals surface area contributed by atoms with Gasteiger partial charge in [0.05, 0.1) is 10.5 Å². The van der Waals surface area contributed by atoms with E-state index in [4.69, 9.17) is 0 Å². The predicted octanol–water partition coefficient (Wildman–Crippen LogP) is 5.03. The van der Waals surface area contributed by atoms with Gasteiger partial charge in [-0.25, -0.2) is 0 Å². The highest BCUT2D eigenvalue weighted by Crippen LogP contribution is 2.38.